The topological polar surface area (TPSA) is 18.5 Å². The number of piperazine rings is 1. The summed E-state index contributed by atoms with van der Waals surface area (Å²) >= 11 is 8.17. The number of rotatable bonds is 3. The lowest BCUT2D eigenvalue weighted by Gasteiger charge is -2.36. The number of benzene rings is 1. The quantitative estimate of drug-likeness (QED) is 0.629. The Balaban J connectivity index is 1.35. The van der Waals surface area contributed by atoms with Crippen LogP contribution in [0.3, 0.4) is 0 Å². The van der Waals surface area contributed by atoms with E-state index in [4.69, 9.17) is 11.6 Å². The van der Waals surface area contributed by atoms with Crippen molar-refractivity contribution in [3.05, 3.63) is 59.8 Å². The van der Waals surface area contributed by atoms with Crippen molar-refractivity contribution in [2.45, 2.75) is 23.1 Å². The van der Waals surface area contributed by atoms with E-state index >= 15 is 0 Å². The fourth-order valence-electron chi connectivity index (χ4n) is 3.50. The first-order valence-electron chi connectivity index (χ1n) is 9.03. The zero-order valence-electron chi connectivity index (χ0n) is 14.3. The smallest absolute Gasteiger partial charge is 0.0722 e. The van der Waals surface area contributed by atoms with Gasteiger partial charge in [-0.25, -0.2) is 4.31 Å². The van der Waals surface area contributed by atoms with Gasteiger partial charge in [0, 0.05) is 49.0 Å². The molecule has 1 aromatic rings. The number of fused-ring (bicyclic) bond motifs is 1. The molecule has 25 heavy (non-hydrogen) atoms. The van der Waals surface area contributed by atoms with Crippen LogP contribution in [0.2, 0.25) is 0 Å². The first-order valence-corrected chi connectivity index (χ1v) is 10.2. The molecule has 3 aliphatic rings. The summed E-state index contributed by atoms with van der Waals surface area (Å²) in [5, 5.41) is 3.47. The molecule has 1 saturated heterocycles. The molecule has 2 heterocycles. The number of anilines is 1. The number of nitrogens with one attached hydrogen (secondary N) is 1. The second-order valence-electron chi connectivity index (χ2n) is 6.64. The van der Waals surface area contributed by atoms with Crippen molar-refractivity contribution in [1.82, 2.24) is 9.21 Å². The Morgan fingerprint density at radius 3 is 2.88 bits per heavy atom. The maximum Gasteiger partial charge on any atom is 0.0722 e. The molecule has 3 nitrogen and oxygen atoms in total. The van der Waals surface area contributed by atoms with Gasteiger partial charge in [0.25, 0.3) is 0 Å². The van der Waals surface area contributed by atoms with Crippen molar-refractivity contribution in [2.75, 3.05) is 38.0 Å². The zero-order chi connectivity index (χ0) is 17.1. The second kappa shape index (κ2) is 7.90. The van der Waals surface area contributed by atoms with E-state index in [1.165, 1.54) is 34.7 Å². The molecule has 1 aliphatic carbocycles. The number of allylic oxidation sites excluding steroid dienone is 5. The van der Waals surface area contributed by atoms with Gasteiger partial charge in [-0.1, -0.05) is 18.2 Å². The van der Waals surface area contributed by atoms with Crippen LogP contribution < -0.4 is 5.32 Å². The van der Waals surface area contributed by atoms with E-state index in [9.17, 15) is 0 Å². The molecule has 4 rings (SSSR count). The van der Waals surface area contributed by atoms with E-state index in [0.29, 0.717) is 0 Å². The molecule has 2 aliphatic heterocycles. The van der Waals surface area contributed by atoms with E-state index in [1.807, 2.05) is 24.1 Å². The Kier molecular flexibility index (Phi) is 5.39. The normalized spacial score (nSPS) is 23.6. The first kappa shape index (κ1) is 17.1. The van der Waals surface area contributed by atoms with Crippen molar-refractivity contribution in [2.24, 2.45) is 0 Å². The van der Waals surface area contributed by atoms with E-state index < -0.39 is 0 Å². The van der Waals surface area contributed by atoms with Gasteiger partial charge in [0.2, 0.25) is 0 Å². The molecule has 1 atom stereocenters. The summed E-state index contributed by atoms with van der Waals surface area (Å²) in [7, 11) is 0. The molecular weight excluding hydrogens is 350 g/mol. The van der Waals surface area contributed by atoms with Crippen LogP contribution in [0.15, 0.2) is 59.2 Å². The predicted molar refractivity (Wildman–Crippen MR) is 108 cm³/mol. The largest absolute Gasteiger partial charge is 0.385 e. The minimum atomic E-state index is -0.0125. The number of aryl methyl sites for hydroxylation is 1. The highest BCUT2D eigenvalue weighted by molar-refractivity contribution is 7.97. The number of hydrogen-bond acceptors (Lipinski definition) is 4. The molecule has 0 saturated carbocycles. The second-order valence-corrected chi connectivity index (χ2v) is 8.31. The molecule has 0 spiro atoms. The minimum absolute atomic E-state index is 0.0125. The number of alkyl halides is 1. The Bertz CT molecular complexity index is 705. The van der Waals surface area contributed by atoms with E-state index in [1.54, 1.807) is 0 Å². The molecule has 1 aromatic carbocycles. The SMILES string of the molecule is ClC1C=CC=CC(N2CCN(Sc3ccc4c(c3)CCCN4)CC2)=C1. The first-order chi connectivity index (χ1) is 12.3. The lowest BCUT2D eigenvalue weighted by molar-refractivity contribution is 0.245. The fraction of sp³-hybridized carbons (Fsp3) is 0.400. The molecule has 5 heteroatoms. The molecule has 1 N–H and O–H groups in total. The summed E-state index contributed by atoms with van der Waals surface area (Å²) in [6.07, 6.45) is 12.9. The molecule has 0 amide bonds. The average Bonchev–Trinajstić information content (AvgIpc) is 2.87. The summed E-state index contributed by atoms with van der Waals surface area (Å²) in [6, 6.07) is 6.84. The van der Waals surface area contributed by atoms with Crippen molar-refractivity contribution >= 4 is 29.2 Å². The highest BCUT2D eigenvalue weighted by Gasteiger charge is 2.20. The number of hydrogen-bond donors (Lipinski definition) is 1. The maximum absolute atomic E-state index is 6.28. The van der Waals surface area contributed by atoms with Gasteiger partial charge >= 0.3 is 0 Å². The van der Waals surface area contributed by atoms with Crippen LogP contribution in [-0.4, -0.2) is 47.3 Å². The van der Waals surface area contributed by atoms with Crippen molar-refractivity contribution in [3.8, 4) is 0 Å². The number of nitrogens with zero attached hydrogens (tertiary/aromatic N) is 2. The van der Waals surface area contributed by atoms with Crippen molar-refractivity contribution in [3.63, 3.8) is 0 Å². The predicted octanol–water partition coefficient (Wildman–Crippen LogP) is 4.29. The summed E-state index contributed by atoms with van der Waals surface area (Å²) in [5.41, 5.74) is 4.02. The lowest BCUT2D eigenvalue weighted by Crippen LogP contribution is -2.42. The average molecular weight is 374 g/mol. The Morgan fingerprint density at radius 2 is 2.00 bits per heavy atom. The molecule has 0 bridgehead atoms. The zero-order valence-corrected chi connectivity index (χ0v) is 15.9. The van der Waals surface area contributed by atoms with Gasteiger partial charge in [0.1, 0.15) is 0 Å². The summed E-state index contributed by atoms with van der Waals surface area (Å²) in [5.74, 6) is 0. The number of halogens is 1. The standard InChI is InChI=1S/C20H24ClN3S/c21-17-5-1-2-6-18(15-17)23-10-12-24(13-11-23)25-19-7-8-20-16(14-19)4-3-9-22-20/h1-2,5-8,14-15,17,22H,3-4,9-13H2. The van der Waals surface area contributed by atoms with E-state index in [2.05, 4.69) is 50.9 Å². The van der Waals surface area contributed by atoms with E-state index in [0.717, 1.165) is 32.7 Å². The summed E-state index contributed by atoms with van der Waals surface area (Å²) in [6.45, 7) is 5.31. The Morgan fingerprint density at radius 1 is 1.12 bits per heavy atom. The molecule has 1 fully saturated rings. The molecule has 132 valence electrons. The van der Waals surface area contributed by atoms with Crippen LogP contribution in [0, 0.1) is 0 Å². The fourth-order valence-corrected chi connectivity index (χ4v) is 4.69. The van der Waals surface area contributed by atoms with E-state index in [-0.39, 0.29) is 5.38 Å². The van der Waals surface area contributed by atoms with Crippen molar-refractivity contribution < 1.29 is 0 Å². The molecule has 1 unspecified atom stereocenters. The van der Waals surface area contributed by atoms with Crippen LogP contribution in [0.4, 0.5) is 5.69 Å². The van der Waals surface area contributed by atoms with Gasteiger partial charge in [0.05, 0.1) is 5.38 Å². The highest BCUT2D eigenvalue weighted by Crippen LogP contribution is 2.30. The Labute approximate surface area is 159 Å². The summed E-state index contributed by atoms with van der Waals surface area (Å²) in [4.78, 5) is 3.79. The molecule has 0 radical (unpaired) electrons. The lowest BCUT2D eigenvalue weighted by atomic mass is 10.0. The van der Waals surface area contributed by atoms with Gasteiger partial charge in [-0.05, 0) is 60.7 Å². The van der Waals surface area contributed by atoms with Crippen LogP contribution in [-0.2, 0) is 6.42 Å². The van der Waals surface area contributed by atoms with Crippen LogP contribution in [0.5, 0.6) is 0 Å². The summed E-state index contributed by atoms with van der Waals surface area (Å²) < 4.78 is 2.48. The highest BCUT2D eigenvalue weighted by atomic mass is 35.5. The van der Waals surface area contributed by atoms with Crippen LogP contribution in [0.1, 0.15) is 12.0 Å². The third-order valence-electron chi connectivity index (χ3n) is 4.86. The maximum atomic E-state index is 6.28. The van der Waals surface area contributed by atoms with Gasteiger partial charge in [-0.2, -0.15) is 0 Å². The van der Waals surface area contributed by atoms with Gasteiger partial charge in [0.15, 0.2) is 0 Å². The minimum Gasteiger partial charge on any atom is -0.385 e. The van der Waals surface area contributed by atoms with Crippen molar-refractivity contribution in [1.29, 1.82) is 0 Å². The molecule has 0 aromatic heterocycles. The third kappa shape index (κ3) is 4.25. The van der Waals surface area contributed by atoms with Crippen LogP contribution >= 0.6 is 23.5 Å². The monoisotopic (exact) mass is 373 g/mol. The Hall–Kier alpha value is -1.36. The van der Waals surface area contributed by atoms with Crippen LogP contribution in [0.25, 0.3) is 0 Å². The third-order valence-corrected chi connectivity index (χ3v) is 6.22. The molecular formula is C20H24ClN3S. The van der Waals surface area contributed by atoms with Gasteiger partial charge in [-0.15, -0.1) is 11.6 Å². The van der Waals surface area contributed by atoms with Gasteiger partial charge in [-0.3, -0.25) is 0 Å². The van der Waals surface area contributed by atoms with Gasteiger partial charge < -0.3 is 10.2 Å².